The van der Waals surface area contributed by atoms with E-state index >= 15 is 0 Å². The molecular weight excluding hydrogens is 354 g/mol. The fourth-order valence-corrected chi connectivity index (χ4v) is 3.39. The summed E-state index contributed by atoms with van der Waals surface area (Å²) in [6, 6.07) is 15.7. The number of rotatable bonds is 8. The van der Waals surface area contributed by atoms with Crippen LogP contribution in [0.3, 0.4) is 0 Å². The standard InChI is InChI=1S/C22H29N3O3/c1-3-27-20-11-7-5-9-18(20)23-22(26)17-24-13-15-25(16-14-24)19-10-6-8-12-21(19)28-4-2/h5-12H,3-4,13-17H2,1-2H3,(H,23,26). The van der Waals surface area contributed by atoms with Crippen LogP contribution in [0.4, 0.5) is 11.4 Å². The van der Waals surface area contributed by atoms with E-state index in [0.717, 1.165) is 43.3 Å². The molecule has 1 amide bonds. The fraction of sp³-hybridized carbons (Fsp3) is 0.409. The third-order valence-electron chi connectivity index (χ3n) is 4.71. The van der Waals surface area contributed by atoms with Gasteiger partial charge in [0.15, 0.2) is 0 Å². The molecule has 0 bridgehead atoms. The van der Waals surface area contributed by atoms with Crippen LogP contribution in [0.5, 0.6) is 11.5 Å². The van der Waals surface area contributed by atoms with Crippen molar-refractivity contribution in [2.75, 3.05) is 56.2 Å². The molecule has 2 aromatic carbocycles. The number of nitrogens with zero attached hydrogens (tertiary/aromatic N) is 2. The minimum absolute atomic E-state index is 0.0182. The van der Waals surface area contributed by atoms with Crippen molar-refractivity contribution in [3.63, 3.8) is 0 Å². The first kappa shape index (κ1) is 20.0. The molecule has 28 heavy (non-hydrogen) atoms. The minimum atomic E-state index is -0.0182. The van der Waals surface area contributed by atoms with Crippen molar-refractivity contribution in [1.29, 1.82) is 0 Å². The lowest BCUT2D eigenvalue weighted by Crippen LogP contribution is -2.48. The quantitative estimate of drug-likeness (QED) is 0.758. The predicted octanol–water partition coefficient (Wildman–Crippen LogP) is 3.24. The lowest BCUT2D eigenvalue weighted by molar-refractivity contribution is -0.117. The zero-order chi connectivity index (χ0) is 19.8. The first-order valence-corrected chi connectivity index (χ1v) is 9.92. The van der Waals surface area contributed by atoms with Gasteiger partial charge < -0.3 is 19.7 Å². The highest BCUT2D eigenvalue weighted by Gasteiger charge is 2.21. The minimum Gasteiger partial charge on any atom is -0.492 e. The highest BCUT2D eigenvalue weighted by atomic mass is 16.5. The van der Waals surface area contributed by atoms with Gasteiger partial charge in [-0.3, -0.25) is 9.69 Å². The summed E-state index contributed by atoms with van der Waals surface area (Å²) in [7, 11) is 0. The molecule has 1 aliphatic heterocycles. The summed E-state index contributed by atoms with van der Waals surface area (Å²) >= 11 is 0. The Morgan fingerprint density at radius 2 is 1.50 bits per heavy atom. The summed E-state index contributed by atoms with van der Waals surface area (Å²) < 4.78 is 11.3. The molecule has 0 saturated carbocycles. The molecule has 0 unspecified atom stereocenters. The van der Waals surface area contributed by atoms with Gasteiger partial charge in [-0.05, 0) is 38.1 Å². The average Bonchev–Trinajstić information content (AvgIpc) is 2.71. The van der Waals surface area contributed by atoms with Crippen LogP contribution in [0.25, 0.3) is 0 Å². The fourth-order valence-electron chi connectivity index (χ4n) is 3.39. The highest BCUT2D eigenvalue weighted by Crippen LogP contribution is 2.29. The molecule has 0 aromatic heterocycles. The van der Waals surface area contributed by atoms with Crippen molar-refractivity contribution in [2.45, 2.75) is 13.8 Å². The maximum Gasteiger partial charge on any atom is 0.238 e. The Hall–Kier alpha value is -2.73. The molecule has 2 aromatic rings. The first-order valence-electron chi connectivity index (χ1n) is 9.92. The molecule has 0 aliphatic carbocycles. The van der Waals surface area contributed by atoms with E-state index in [4.69, 9.17) is 9.47 Å². The third-order valence-corrected chi connectivity index (χ3v) is 4.71. The summed E-state index contributed by atoms with van der Waals surface area (Å²) in [4.78, 5) is 17.0. The number of carbonyl (C=O) groups is 1. The van der Waals surface area contributed by atoms with Crippen molar-refractivity contribution in [2.24, 2.45) is 0 Å². The molecule has 150 valence electrons. The van der Waals surface area contributed by atoms with Crippen LogP contribution < -0.4 is 19.7 Å². The van der Waals surface area contributed by atoms with Gasteiger partial charge in [0.1, 0.15) is 11.5 Å². The number of ether oxygens (including phenoxy) is 2. The lowest BCUT2D eigenvalue weighted by Gasteiger charge is -2.36. The monoisotopic (exact) mass is 383 g/mol. The van der Waals surface area contributed by atoms with Crippen LogP contribution in [-0.2, 0) is 4.79 Å². The number of nitrogens with one attached hydrogen (secondary N) is 1. The molecule has 1 saturated heterocycles. The largest absolute Gasteiger partial charge is 0.492 e. The third kappa shape index (κ3) is 5.16. The zero-order valence-electron chi connectivity index (χ0n) is 16.7. The van der Waals surface area contributed by atoms with Gasteiger partial charge in [0.05, 0.1) is 31.1 Å². The van der Waals surface area contributed by atoms with Crippen LogP contribution >= 0.6 is 0 Å². The Morgan fingerprint density at radius 1 is 0.893 bits per heavy atom. The second-order valence-electron chi connectivity index (χ2n) is 6.64. The van der Waals surface area contributed by atoms with Crippen LogP contribution in [-0.4, -0.2) is 56.7 Å². The SMILES string of the molecule is CCOc1ccccc1NC(=O)CN1CCN(c2ccccc2OCC)CC1. The van der Waals surface area contributed by atoms with E-state index in [1.54, 1.807) is 0 Å². The number of piperazine rings is 1. The number of anilines is 2. The van der Waals surface area contributed by atoms with Gasteiger partial charge in [-0.1, -0.05) is 24.3 Å². The van der Waals surface area contributed by atoms with Crippen LogP contribution in [0.15, 0.2) is 48.5 Å². The Kier molecular flexibility index (Phi) is 7.14. The zero-order valence-corrected chi connectivity index (χ0v) is 16.7. The van der Waals surface area contributed by atoms with Gasteiger partial charge in [-0.15, -0.1) is 0 Å². The first-order chi connectivity index (χ1) is 13.7. The molecule has 1 aliphatic rings. The number of carbonyl (C=O) groups excluding carboxylic acids is 1. The second kappa shape index (κ2) is 9.99. The van der Waals surface area contributed by atoms with Gasteiger partial charge >= 0.3 is 0 Å². The molecule has 0 spiro atoms. The number of hydrogen-bond acceptors (Lipinski definition) is 5. The predicted molar refractivity (Wildman–Crippen MR) is 113 cm³/mol. The summed E-state index contributed by atoms with van der Waals surface area (Å²) in [5.41, 5.74) is 1.85. The molecule has 6 heteroatoms. The van der Waals surface area contributed by atoms with Crippen LogP contribution in [0.2, 0.25) is 0 Å². The Bertz CT molecular complexity index is 773. The topological polar surface area (TPSA) is 54.0 Å². The van der Waals surface area contributed by atoms with Crippen molar-refractivity contribution < 1.29 is 14.3 Å². The van der Waals surface area contributed by atoms with Gasteiger partial charge in [-0.25, -0.2) is 0 Å². The van der Waals surface area contributed by atoms with E-state index in [1.165, 1.54) is 0 Å². The molecule has 0 radical (unpaired) electrons. The number of hydrogen-bond donors (Lipinski definition) is 1. The summed E-state index contributed by atoms with van der Waals surface area (Å²) in [6.45, 7) is 8.93. The lowest BCUT2D eigenvalue weighted by atomic mass is 10.2. The van der Waals surface area contributed by atoms with E-state index in [2.05, 4.69) is 21.2 Å². The van der Waals surface area contributed by atoms with Crippen molar-refractivity contribution in [1.82, 2.24) is 4.90 Å². The average molecular weight is 383 g/mol. The Labute approximate surface area is 167 Å². The smallest absolute Gasteiger partial charge is 0.238 e. The van der Waals surface area contributed by atoms with E-state index in [1.807, 2.05) is 56.3 Å². The molecule has 0 atom stereocenters. The normalized spacial score (nSPS) is 14.6. The molecular formula is C22H29N3O3. The van der Waals surface area contributed by atoms with Crippen LogP contribution in [0.1, 0.15) is 13.8 Å². The molecule has 1 N–H and O–H groups in total. The number of para-hydroxylation sites is 4. The Morgan fingerprint density at radius 3 is 2.21 bits per heavy atom. The molecule has 1 fully saturated rings. The van der Waals surface area contributed by atoms with Gasteiger partial charge in [-0.2, -0.15) is 0 Å². The maximum atomic E-state index is 12.5. The summed E-state index contributed by atoms with van der Waals surface area (Å²) in [5.74, 6) is 1.61. The molecule has 6 nitrogen and oxygen atoms in total. The van der Waals surface area contributed by atoms with E-state index in [9.17, 15) is 4.79 Å². The number of amides is 1. The Balaban J connectivity index is 1.53. The van der Waals surface area contributed by atoms with Gasteiger partial charge in [0.25, 0.3) is 0 Å². The van der Waals surface area contributed by atoms with Crippen molar-refractivity contribution >= 4 is 17.3 Å². The molecule has 1 heterocycles. The van der Waals surface area contributed by atoms with Crippen LogP contribution in [0, 0.1) is 0 Å². The van der Waals surface area contributed by atoms with Crippen molar-refractivity contribution in [3.05, 3.63) is 48.5 Å². The second-order valence-corrected chi connectivity index (χ2v) is 6.64. The van der Waals surface area contributed by atoms with Gasteiger partial charge in [0.2, 0.25) is 5.91 Å². The van der Waals surface area contributed by atoms with E-state index < -0.39 is 0 Å². The maximum absolute atomic E-state index is 12.5. The van der Waals surface area contributed by atoms with E-state index in [-0.39, 0.29) is 5.91 Å². The van der Waals surface area contributed by atoms with Crippen molar-refractivity contribution in [3.8, 4) is 11.5 Å². The van der Waals surface area contributed by atoms with E-state index in [0.29, 0.717) is 25.5 Å². The highest BCUT2D eigenvalue weighted by molar-refractivity contribution is 5.93. The molecule has 3 rings (SSSR count). The number of benzene rings is 2. The summed E-state index contributed by atoms with van der Waals surface area (Å²) in [5, 5.41) is 2.97. The van der Waals surface area contributed by atoms with Gasteiger partial charge in [0, 0.05) is 26.2 Å². The summed E-state index contributed by atoms with van der Waals surface area (Å²) in [6.07, 6.45) is 0.